The first-order valence-corrected chi connectivity index (χ1v) is 7.20. The lowest BCUT2D eigenvalue weighted by molar-refractivity contribution is -0.137. The van der Waals surface area contributed by atoms with Gasteiger partial charge < -0.3 is 9.84 Å². The number of aliphatic carboxylic acids is 1. The summed E-state index contributed by atoms with van der Waals surface area (Å²) in [5.74, 6) is -1.99. The molecule has 0 fully saturated rings. The molecule has 0 atom stereocenters. The monoisotopic (exact) mass is 296 g/mol. The fourth-order valence-corrected chi connectivity index (χ4v) is 1.92. The third kappa shape index (κ3) is 4.50. The number of benzene rings is 1. The third-order valence-electron chi connectivity index (χ3n) is 1.98. The summed E-state index contributed by atoms with van der Waals surface area (Å²) < 4.78 is 40.2. The maximum absolute atomic E-state index is 13.4. The Hall–Kier alpha value is -1.34. The van der Waals surface area contributed by atoms with Crippen molar-refractivity contribution in [3.63, 3.8) is 0 Å². The Morgan fingerprint density at radius 3 is 2.61 bits per heavy atom. The molecule has 5 nitrogen and oxygen atoms in total. The minimum atomic E-state index is -3.98. The lowest BCUT2D eigenvalue weighted by Crippen LogP contribution is -2.03. The Kier molecular flexibility index (Phi) is 4.92. The van der Waals surface area contributed by atoms with Gasteiger partial charge in [-0.3, -0.25) is 4.79 Å². The van der Waals surface area contributed by atoms with E-state index in [1.54, 1.807) is 0 Å². The van der Waals surface area contributed by atoms with Crippen LogP contribution in [0.4, 0.5) is 4.39 Å². The van der Waals surface area contributed by atoms with Gasteiger partial charge >= 0.3 is 5.97 Å². The molecular formula is C10H10ClFO5S. The molecule has 1 aromatic carbocycles. The van der Waals surface area contributed by atoms with Crippen molar-refractivity contribution in [3.8, 4) is 5.75 Å². The molecule has 0 aliphatic carbocycles. The van der Waals surface area contributed by atoms with E-state index in [9.17, 15) is 17.6 Å². The number of carboxylic acids is 1. The van der Waals surface area contributed by atoms with Crippen LogP contribution in [0.3, 0.4) is 0 Å². The van der Waals surface area contributed by atoms with E-state index < -0.39 is 20.8 Å². The molecule has 0 saturated heterocycles. The number of rotatable bonds is 6. The Labute approximate surface area is 108 Å². The molecule has 0 aromatic heterocycles. The van der Waals surface area contributed by atoms with Crippen LogP contribution in [0.5, 0.6) is 5.75 Å². The molecule has 0 amide bonds. The van der Waals surface area contributed by atoms with Crippen LogP contribution >= 0.6 is 10.7 Å². The highest BCUT2D eigenvalue weighted by molar-refractivity contribution is 8.13. The van der Waals surface area contributed by atoms with Gasteiger partial charge in [0, 0.05) is 17.1 Å². The third-order valence-corrected chi connectivity index (χ3v) is 3.33. The SMILES string of the molecule is O=C(O)CCCOc1ccc(S(=O)(=O)Cl)cc1F. The van der Waals surface area contributed by atoms with Crippen LogP contribution in [-0.4, -0.2) is 26.1 Å². The fourth-order valence-electron chi connectivity index (χ4n) is 1.16. The summed E-state index contributed by atoms with van der Waals surface area (Å²) in [6, 6.07) is 2.98. The molecule has 1 aromatic rings. The number of halogens is 2. The lowest BCUT2D eigenvalue weighted by atomic mass is 10.3. The van der Waals surface area contributed by atoms with Crippen LogP contribution in [0, 0.1) is 5.82 Å². The van der Waals surface area contributed by atoms with Gasteiger partial charge in [-0.1, -0.05) is 0 Å². The molecule has 0 saturated carbocycles. The number of carbonyl (C=O) groups is 1. The van der Waals surface area contributed by atoms with Crippen molar-refractivity contribution in [2.45, 2.75) is 17.7 Å². The predicted molar refractivity (Wildman–Crippen MR) is 61.8 cm³/mol. The minimum Gasteiger partial charge on any atom is -0.491 e. The zero-order valence-corrected chi connectivity index (χ0v) is 10.7. The van der Waals surface area contributed by atoms with E-state index >= 15 is 0 Å². The molecule has 0 spiro atoms. The Balaban J connectivity index is 2.66. The van der Waals surface area contributed by atoms with E-state index in [1.165, 1.54) is 0 Å². The molecule has 1 rings (SSSR count). The molecule has 0 radical (unpaired) electrons. The zero-order chi connectivity index (χ0) is 13.8. The predicted octanol–water partition coefficient (Wildman–Crippen LogP) is 2.00. The van der Waals surface area contributed by atoms with Crippen molar-refractivity contribution >= 4 is 25.7 Å². The number of ether oxygens (including phenoxy) is 1. The molecular weight excluding hydrogens is 287 g/mol. The van der Waals surface area contributed by atoms with Gasteiger partial charge in [0.25, 0.3) is 9.05 Å². The average molecular weight is 297 g/mol. The standard InChI is InChI=1S/C10H10ClFO5S/c11-18(15,16)7-3-4-9(8(12)6-7)17-5-1-2-10(13)14/h3-4,6H,1-2,5H2,(H,13,14). The quantitative estimate of drug-likeness (QED) is 0.641. The molecule has 1 N–H and O–H groups in total. The fraction of sp³-hybridized carbons (Fsp3) is 0.300. The van der Waals surface area contributed by atoms with Crippen LogP contribution in [0.2, 0.25) is 0 Å². The summed E-state index contributed by atoms with van der Waals surface area (Å²) >= 11 is 0. The van der Waals surface area contributed by atoms with Gasteiger partial charge in [0.1, 0.15) is 0 Å². The summed E-state index contributed by atoms with van der Waals surface area (Å²) in [5, 5.41) is 8.38. The van der Waals surface area contributed by atoms with E-state index in [-0.39, 0.29) is 30.1 Å². The largest absolute Gasteiger partial charge is 0.491 e. The smallest absolute Gasteiger partial charge is 0.303 e. The van der Waals surface area contributed by atoms with Crippen LogP contribution in [-0.2, 0) is 13.8 Å². The summed E-state index contributed by atoms with van der Waals surface area (Å²) in [6.07, 6.45) is 0.139. The van der Waals surface area contributed by atoms with Gasteiger partial charge in [0.2, 0.25) is 0 Å². The van der Waals surface area contributed by atoms with Gasteiger partial charge in [-0.25, -0.2) is 12.8 Å². The first kappa shape index (κ1) is 14.7. The summed E-state index contributed by atoms with van der Waals surface area (Å²) in [4.78, 5) is 9.86. The van der Waals surface area contributed by atoms with Crippen LogP contribution in [0.15, 0.2) is 23.1 Å². The van der Waals surface area contributed by atoms with Gasteiger partial charge in [-0.05, 0) is 24.6 Å². The molecule has 0 aliphatic rings. The average Bonchev–Trinajstić information content (AvgIpc) is 2.24. The topological polar surface area (TPSA) is 80.7 Å². The maximum atomic E-state index is 13.4. The first-order chi connectivity index (χ1) is 8.30. The molecule has 18 heavy (non-hydrogen) atoms. The molecule has 0 aliphatic heterocycles. The van der Waals surface area contributed by atoms with Crippen molar-refractivity contribution < 1.29 is 27.4 Å². The number of carboxylic acid groups (broad SMARTS) is 1. The van der Waals surface area contributed by atoms with Gasteiger partial charge in [-0.2, -0.15) is 0 Å². The Morgan fingerprint density at radius 1 is 1.44 bits per heavy atom. The highest BCUT2D eigenvalue weighted by atomic mass is 35.7. The van der Waals surface area contributed by atoms with Gasteiger partial charge in [0.05, 0.1) is 11.5 Å². The van der Waals surface area contributed by atoms with Crippen LogP contribution < -0.4 is 4.74 Å². The second-order valence-electron chi connectivity index (χ2n) is 3.38. The molecule has 0 bridgehead atoms. The summed E-state index contributed by atoms with van der Waals surface area (Å²) in [6.45, 7) is 0.0240. The highest BCUT2D eigenvalue weighted by Gasteiger charge is 2.13. The van der Waals surface area contributed by atoms with Crippen LogP contribution in [0.1, 0.15) is 12.8 Å². The normalized spacial score (nSPS) is 11.2. The van der Waals surface area contributed by atoms with E-state index in [0.717, 1.165) is 18.2 Å². The van der Waals surface area contributed by atoms with Crippen LogP contribution in [0.25, 0.3) is 0 Å². The van der Waals surface area contributed by atoms with E-state index in [4.69, 9.17) is 20.5 Å². The second kappa shape index (κ2) is 6.01. The van der Waals surface area contributed by atoms with E-state index in [1.807, 2.05) is 0 Å². The lowest BCUT2D eigenvalue weighted by Gasteiger charge is -2.07. The van der Waals surface area contributed by atoms with Gasteiger partial charge in [-0.15, -0.1) is 0 Å². The number of hydrogen-bond acceptors (Lipinski definition) is 4. The Morgan fingerprint density at radius 2 is 2.11 bits per heavy atom. The molecule has 0 unspecified atom stereocenters. The van der Waals surface area contributed by atoms with Gasteiger partial charge in [0.15, 0.2) is 11.6 Å². The summed E-state index contributed by atoms with van der Waals surface area (Å²) in [7, 11) is 1.06. The van der Waals surface area contributed by atoms with E-state index in [0.29, 0.717) is 0 Å². The molecule has 0 heterocycles. The first-order valence-electron chi connectivity index (χ1n) is 4.89. The second-order valence-corrected chi connectivity index (χ2v) is 5.94. The zero-order valence-electron chi connectivity index (χ0n) is 9.10. The van der Waals surface area contributed by atoms with Crippen molar-refractivity contribution in [2.75, 3.05) is 6.61 Å². The number of hydrogen-bond donors (Lipinski definition) is 1. The molecule has 8 heteroatoms. The highest BCUT2D eigenvalue weighted by Crippen LogP contribution is 2.23. The van der Waals surface area contributed by atoms with Crippen molar-refractivity contribution in [1.29, 1.82) is 0 Å². The van der Waals surface area contributed by atoms with Crippen molar-refractivity contribution in [3.05, 3.63) is 24.0 Å². The maximum Gasteiger partial charge on any atom is 0.303 e. The minimum absolute atomic E-state index is 0.0240. The Bertz CT molecular complexity index is 543. The van der Waals surface area contributed by atoms with E-state index in [2.05, 4.69) is 0 Å². The van der Waals surface area contributed by atoms with Crippen molar-refractivity contribution in [1.82, 2.24) is 0 Å². The van der Waals surface area contributed by atoms with Crippen molar-refractivity contribution in [2.24, 2.45) is 0 Å². The summed E-state index contributed by atoms with van der Waals surface area (Å²) in [5.41, 5.74) is 0. The molecule has 100 valence electrons.